The van der Waals surface area contributed by atoms with Crippen molar-refractivity contribution in [2.24, 2.45) is 11.7 Å². The van der Waals surface area contributed by atoms with Crippen LogP contribution in [0.2, 0.25) is 0 Å². The molecule has 0 aromatic carbocycles. The molecule has 1 fully saturated rings. The molecule has 1 aliphatic carbocycles. The first-order chi connectivity index (χ1) is 6.79. The lowest BCUT2D eigenvalue weighted by Gasteiger charge is -2.21. The van der Waals surface area contributed by atoms with E-state index >= 15 is 0 Å². The van der Waals surface area contributed by atoms with Crippen LogP contribution in [0.15, 0.2) is 16.9 Å². The van der Waals surface area contributed by atoms with Crippen LogP contribution in [0.25, 0.3) is 0 Å². The number of rotatable bonds is 3. The van der Waals surface area contributed by atoms with Gasteiger partial charge in [0.05, 0.1) is 12.3 Å². The average Bonchev–Trinajstić information content (AvgIpc) is 2.87. The Kier molecular flexibility index (Phi) is 2.84. The summed E-state index contributed by atoms with van der Waals surface area (Å²) in [5.74, 6) is 0.751. The van der Waals surface area contributed by atoms with Crippen LogP contribution in [-0.4, -0.2) is 16.2 Å². The molecular formula is C10H16N2O2. The Balaban J connectivity index is 2.00. The molecule has 14 heavy (non-hydrogen) atoms. The first-order valence-electron chi connectivity index (χ1n) is 5.12. The molecule has 0 spiro atoms. The third-order valence-corrected chi connectivity index (χ3v) is 2.99. The number of nitrogens with two attached hydrogens (primary N) is 1. The van der Waals surface area contributed by atoms with Crippen molar-refractivity contribution in [2.45, 2.75) is 37.8 Å². The van der Waals surface area contributed by atoms with Crippen LogP contribution < -0.4 is 5.73 Å². The first kappa shape index (κ1) is 9.68. The van der Waals surface area contributed by atoms with Crippen molar-refractivity contribution >= 4 is 0 Å². The van der Waals surface area contributed by atoms with E-state index in [-0.39, 0.29) is 0 Å². The fraction of sp³-hybridized carbons (Fsp3) is 0.700. The van der Waals surface area contributed by atoms with E-state index in [9.17, 15) is 5.11 Å². The third-order valence-electron chi connectivity index (χ3n) is 2.99. The van der Waals surface area contributed by atoms with Gasteiger partial charge in [-0.05, 0) is 18.8 Å². The summed E-state index contributed by atoms with van der Waals surface area (Å²) in [4.78, 5) is 3.96. The van der Waals surface area contributed by atoms with Gasteiger partial charge in [-0.3, -0.25) is 0 Å². The van der Waals surface area contributed by atoms with E-state index in [4.69, 9.17) is 10.2 Å². The molecule has 4 heteroatoms. The summed E-state index contributed by atoms with van der Waals surface area (Å²) in [5, 5.41) is 9.96. The Morgan fingerprint density at radius 1 is 1.50 bits per heavy atom. The molecule has 78 valence electrons. The zero-order valence-corrected chi connectivity index (χ0v) is 8.10. The SMILES string of the molecule is NC(c1ncco1)C(O)C1CCCC1. The minimum Gasteiger partial charge on any atom is -0.447 e. The maximum atomic E-state index is 9.96. The normalized spacial score (nSPS) is 22.4. The fourth-order valence-corrected chi connectivity index (χ4v) is 2.14. The monoisotopic (exact) mass is 196 g/mol. The summed E-state index contributed by atoms with van der Waals surface area (Å²) in [7, 11) is 0. The van der Waals surface area contributed by atoms with Crippen molar-refractivity contribution in [3.63, 3.8) is 0 Å². The van der Waals surface area contributed by atoms with Gasteiger partial charge in [0.25, 0.3) is 0 Å². The van der Waals surface area contributed by atoms with Crippen LogP contribution in [0.4, 0.5) is 0 Å². The van der Waals surface area contributed by atoms with E-state index < -0.39 is 12.1 Å². The van der Waals surface area contributed by atoms with E-state index in [1.165, 1.54) is 19.1 Å². The van der Waals surface area contributed by atoms with E-state index in [0.717, 1.165) is 12.8 Å². The van der Waals surface area contributed by atoms with Gasteiger partial charge in [0.15, 0.2) is 0 Å². The number of aliphatic hydroxyl groups excluding tert-OH is 1. The Labute approximate surface area is 83.1 Å². The predicted molar refractivity (Wildman–Crippen MR) is 51.4 cm³/mol. The number of nitrogens with zero attached hydrogens (tertiary/aromatic N) is 1. The lowest BCUT2D eigenvalue weighted by Crippen LogP contribution is -2.32. The Bertz CT molecular complexity index is 268. The van der Waals surface area contributed by atoms with Crippen molar-refractivity contribution in [1.82, 2.24) is 4.98 Å². The number of hydrogen-bond donors (Lipinski definition) is 2. The maximum absolute atomic E-state index is 9.96. The number of aromatic nitrogens is 1. The van der Waals surface area contributed by atoms with Crippen LogP contribution in [0, 0.1) is 5.92 Å². The number of hydrogen-bond acceptors (Lipinski definition) is 4. The molecule has 0 bridgehead atoms. The van der Waals surface area contributed by atoms with E-state index in [1.54, 1.807) is 6.20 Å². The molecule has 2 rings (SSSR count). The van der Waals surface area contributed by atoms with Crippen LogP contribution in [0.5, 0.6) is 0 Å². The van der Waals surface area contributed by atoms with Crippen molar-refractivity contribution in [3.05, 3.63) is 18.4 Å². The van der Waals surface area contributed by atoms with E-state index in [1.807, 2.05) is 0 Å². The molecular weight excluding hydrogens is 180 g/mol. The third kappa shape index (κ3) is 1.81. The van der Waals surface area contributed by atoms with Gasteiger partial charge in [-0.1, -0.05) is 12.8 Å². The second kappa shape index (κ2) is 4.11. The predicted octanol–water partition coefficient (Wildman–Crippen LogP) is 1.23. The highest BCUT2D eigenvalue weighted by molar-refractivity contribution is 4.95. The van der Waals surface area contributed by atoms with Crippen LogP contribution in [0.3, 0.4) is 0 Å². The van der Waals surface area contributed by atoms with Gasteiger partial charge in [-0.25, -0.2) is 4.98 Å². The van der Waals surface area contributed by atoms with Gasteiger partial charge in [0.1, 0.15) is 12.3 Å². The molecule has 1 saturated carbocycles. The molecule has 0 radical (unpaired) electrons. The van der Waals surface area contributed by atoms with Gasteiger partial charge in [0, 0.05) is 0 Å². The Hall–Kier alpha value is -0.870. The lowest BCUT2D eigenvalue weighted by molar-refractivity contribution is 0.0752. The molecule has 1 aliphatic rings. The van der Waals surface area contributed by atoms with Crippen molar-refractivity contribution in [2.75, 3.05) is 0 Å². The number of oxazole rings is 1. The Morgan fingerprint density at radius 2 is 2.21 bits per heavy atom. The van der Waals surface area contributed by atoms with Crippen molar-refractivity contribution in [3.8, 4) is 0 Å². The molecule has 2 unspecified atom stereocenters. The van der Waals surface area contributed by atoms with E-state index in [2.05, 4.69) is 4.98 Å². The highest BCUT2D eigenvalue weighted by atomic mass is 16.3. The topological polar surface area (TPSA) is 72.3 Å². The second-order valence-electron chi connectivity index (χ2n) is 3.93. The molecule has 0 saturated heterocycles. The fourth-order valence-electron chi connectivity index (χ4n) is 2.14. The molecule has 1 heterocycles. The summed E-state index contributed by atoms with van der Waals surface area (Å²) in [6.07, 6.45) is 7.04. The molecule has 3 N–H and O–H groups in total. The summed E-state index contributed by atoms with van der Waals surface area (Å²) >= 11 is 0. The van der Waals surface area contributed by atoms with Gasteiger partial charge in [0.2, 0.25) is 5.89 Å². The molecule has 2 atom stereocenters. The number of aliphatic hydroxyl groups is 1. The minimum absolute atomic E-state index is 0.317. The van der Waals surface area contributed by atoms with Gasteiger partial charge >= 0.3 is 0 Å². The van der Waals surface area contributed by atoms with Gasteiger partial charge in [-0.2, -0.15) is 0 Å². The van der Waals surface area contributed by atoms with Crippen LogP contribution in [-0.2, 0) is 0 Å². The quantitative estimate of drug-likeness (QED) is 0.762. The van der Waals surface area contributed by atoms with Gasteiger partial charge in [-0.15, -0.1) is 0 Å². The van der Waals surface area contributed by atoms with E-state index in [0.29, 0.717) is 11.8 Å². The summed E-state index contributed by atoms with van der Waals surface area (Å²) in [5.41, 5.74) is 5.86. The maximum Gasteiger partial charge on any atom is 0.213 e. The van der Waals surface area contributed by atoms with Crippen LogP contribution >= 0.6 is 0 Å². The minimum atomic E-state index is -0.517. The van der Waals surface area contributed by atoms with Gasteiger partial charge < -0.3 is 15.3 Å². The molecule has 0 aliphatic heterocycles. The highest BCUT2D eigenvalue weighted by Gasteiger charge is 2.30. The molecule has 1 aromatic heterocycles. The summed E-state index contributed by atoms with van der Waals surface area (Å²) in [6, 6.07) is -0.479. The first-order valence-corrected chi connectivity index (χ1v) is 5.12. The largest absolute Gasteiger partial charge is 0.447 e. The van der Waals surface area contributed by atoms with Crippen LogP contribution in [0.1, 0.15) is 37.6 Å². The highest BCUT2D eigenvalue weighted by Crippen LogP contribution is 2.31. The standard InChI is InChI=1S/C10H16N2O2/c11-8(10-12-5-6-14-10)9(13)7-3-1-2-4-7/h5-9,13H,1-4,11H2. The van der Waals surface area contributed by atoms with Crippen molar-refractivity contribution in [1.29, 1.82) is 0 Å². The summed E-state index contributed by atoms with van der Waals surface area (Å²) < 4.78 is 5.08. The molecule has 4 nitrogen and oxygen atoms in total. The smallest absolute Gasteiger partial charge is 0.213 e. The second-order valence-corrected chi connectivity index (χ2v) is 3.93. The summed E-state index contributed by atoms with van der Waals surface area (Å²) in [6.45, 7) is 0. The average molecular weight is 196 g/mol. The lowest BCUT2D eigenvalue weighted by atomic mass is 9.95. The zero-order chi connectivity index (χ0) is 9.97. The molecule has 0 amide bonds. The van der Waals surface area contributed by atoms with Crippen molar-refractivity contribution < 1.29 is 9.52 Å². The zero-order valence-electron chi connectivity index (χ0n) is 8.10. The Morgan fingerprint density at radius 3 is 2.79 bits per heavy atom. The molecule has 1 aromatic rings.